The number of fused-ring (bicyclic) bond motifs is 2. The molecular formula is C11H6ClNOS. The first-order chi connectivity index (χ1) is 7.18. The first-order valence-corrected chi connectivity index (χ1v) is 5.64. The summed E-state index contributed by atoms with van der Waals surface area (Å²) in [6.07, 6.45) is 1.88. The Morgan fingerprint density at radius 1 is 1.33 bits per heavy atom. The highest BCUT2D eigenvalue weighted by molar-refractivity contribution is 8.18. The van der Waals surface area contributed by atoms with Crippen molar-refractivity contribution >= 4 is 40.1 Å². The van der Waals surface area contributed by atoms with Crippen LogP contribution in [0.1, 0.15) is 0 Å². The van der Waals surface area contributed by atoms with Gasteiger partial charge in [-0.25, -0.2) is 0 Å². The summed E-state index contributed by atoms with van der Waals surface area (Å²) in [4.78, 5) is 0. The van der Waals surface area contributed by atoms with Crippen LogP contribution in [0.3, 0.4) is 0 Å². The zero-order chi connectivity index (χ0) is 10.6. The van der Waals surface area contributed by atoms with Gasteiger partial charge in [0.15, 0.2) is 0 Å². The minimum absolute atomic E-state index is 0.106. The summed E-state index contributed by atoms with van der Waals surface area (Å²) < 4.78 is 0. The van der Waals surface area contributed by atoms with E-state index in [9.17, 15) is 5.11 Å². The molecule has 0 atom stereocenters. The van der Waals surface area contributed by atoms with E-state index in [1.165, 1.54) is 11.8 Å². The first kappa shape index (κ1) is 9.07. The minimum Gasteiger partial charge on any atom is -0.506 e. The van der Waals surface area contributed by atoms with Crippen LogP contribution in [0.15, 0.2) is 23.1 Å². The number of benzene rings is 1. The third-order valence-electron chi connectivity index (χ3n) is 2.56. The number of halogens is 1. The molecule has 3 rings (SSSR count). The van der Waals surface area contributed by atoms with E-state index in [0.29, 0.717) is 10.1 Å². The molecule has 2 N–H and O–H groups in total. The van der Waals surface area contributed by atoms with Crippen molar-refractivity contribution in [3.8, 4) is 5.75 Å². The Morgan fingerprint density at radius 3 is 2.93 bits per heavy atom. The summed E-state index contributed by atoms with van der Waals surface area (Å²) >= 11 is 7.23. The lowest BCUT2D eigenvalue weighted by molar-refractivity contribution is 0.470. The number of nitrogens with one attached hydrogen (secondary N) is 1. The number of phenolic OH excluding ortho intramolecular Hbond substituents is 1. The Hall–Kier alpha value is -1.19. The molecule has 0 fully saturated rings. The number of allylic oxidation sites excluding steroid dienone is 1. The molecule has 1 aliphatic heterocycles. The van der Waals surface area contributed by atoms with Gasteiger partial charge in [-0.2, -0.15) is 0 Å². The van der Waals surface area contributed by atoms with Gasteiger partial charge in [0.2, 0.25) is 0 Å². The highest BCUT2D eigenvalue weighted by atomic mass is 35.5. The lowest BCUT2D eigenvalue weighted by Gasteiger charge is -1.97. The second-order valence-electron chi connectivity index (χ2n) is 3.40. The molecule has 0 saturated carbocycles. The van der Waals surface area contributed by atoms with Gasteiger partial charge < -0.3 is 5.11 Å². The van der Waals surface area contributed by atoms with Gasteiger partial charge in [-0.3, -0.25) is 5.41 Å². The summed E-state index contributed by atoms with van der Waals surface area (Å²) in [6.45, 7) is 0. The van der Waals surface area contributed by atoms with Crippen molar-refractivity contribution in [3.05, 3.63) is 38.6 Å². The molecule has 2 nitrogen and oxygen atoms in total. The third kappa shape index (κ3) is 1.10. The average molecular weight is 236 g/mol. The molecule has 74 valence electrons. The Balaban J connectivity index is 2.53. The van der Waals surface area contributed by atoms with E-state index in [1.807, 2.05) is 17.6 Å². The van der Waals surface area contributed by atoms with Gasteiger partial charge in [-0.1, -0.05) is 29.4 Å². The van der Waals surface area contributed by atoms with Crippen molar-refractivity contribution in [2.45, 2.75) is 0 Å². The quantitative estimate of drug-likeness (QED) is 0.718. The number of hydrogen-bond acceptors (Lipinski definition) is 3. The second kappa shape index (κ2) is 2.90. The van der Waals surface area contributed by atoms with Gasteiger partial charge in [0.1, 0.15) is 5.75 Å². The van der Waals surface area contributed by atoms with E-state index >= 15 is 0 Å². The van der Waals surface area contributed by atoms with Crippen molar-refractivity contribution < 1.29 is 5.11 Å². The third-order valence-corrected chi connectivity index (χ3v) is 3.67. The molecule has 1 heterocycles. The molecule has 0 amide bonds. The molecule has 0 saturated heterocycles. The maximum atomic E-state index is 9.78. The monoisotopic (exact) mass is 235 g/mol. The molecule has 1 aromatic rings. The van der Waals surface area contributed by atoms with E-state index in [4.69, 9.17) is 17.0 Å². The van der Waals surface area contributed by atoms with Gasteiger partial charge in [-0.05, 0) is 28.3 Å². The van der Waals surface area contributed by atoms with E-state index in [2.05, 4.69) is 0 Å². The number of rotatable bonds is 0. The average Bonchev–Trinajstić information content (AvgIpc) is 2.74. The number of thioether (sulfide) groups is 1. The molecule has 2 aliphatic rings. The lowest BCUT2D eigenvalue weighted by atomic mass is 10.1. The van der Waals surface area contributed by atoms with Gasteiger partial charge in [0.25, 0.3) is 0 Å². The van der Waals surface area contributed by atoms with Crippen LogP contribution in [-0.4, -0.2) is 10.2 Å². The van der Waals surface area contributed by atoms with Gasteiger partial charge in [0.05, 0.1) is 10.1 Å². The molecule has 0 radical (unpaired) electrons. The van der Waals surface area contributed by atoms with Crippen LogP contribution in [0.2, 0.25) is 5.02 Å². The largest absolute Gasteiger partial charge is 0.506 e. The molecule has 0 unspecified atom stereocenters. The summed E-state index contributed by atoms with van der Waals surface area (Å²) in [6, 6.07) is 3.51. The molecular weight excluding hydrogens is 230 g/mol. The van der Waals surface area contributed by atoms with E-state index < -0.39 is 0 Å². The standard InChI is InChI=1S/C11H6ClNOS/c12-8-2-1-6-7(10(8)14)3-5-4-15-11(13)9(5)6/h1-4,13-14H. The number of aromatic hydroxyl groups is 1. The molecule has 15 heavy (non-hydrogen) atoms. The Bertz CT molecular complexity index is 645. The summed E-state index contributed by atoms with van der Waals surface area (Å²) in [5, 5.41) is 22.0. The van der Waals surface area contributed by atoms with Crippen molar-refractivity contribution in [1.82, 2.24) is 0 Å². The van der Waals surface area contributed by atoms with Crippen LogP contribution >= 0.6 is 23.4 Å². The zero-order valence-electron chi connectivity index (χ0n) is 7.54. The lowest BCUT2D eigenvalue weighted by Crippen LogP contribution is -2.24. The predicted octanol–water partition coefficient (Wildman–Crippen LogP) is 1.60. The van der Waals surface area contributed by atoms with E-state index in [-0.39, 0.29) is 5.75 Å². The summed E-state index contributed by atoms with van der Waals surface area (Å²) in [5.74, 6) is 0.106. The van der Waals surface area contributed by atoms with Crippen LogP contribution in [0.4, 0.5) is 0 Å². The highest BCUT2D eigenvalue weighted by Crippen LogP contribution is 2.33. The van der Waals surface area contributed by atoms with Crippen LogP contribution < -0.4 is 10.4 Å². The zero-order valence-corrected chi connectivity index (χ0v) is 9.12. The van der Waals surface area contributed by atoms with E-state index in [1.54, 1.807) is 6.07 Å². The normalized spacial score (nSPS) is 17.3. The van der Waals surface area contributed by atoms with Crippen molar-refractivity contribution in [1.29, 1.82) is 5.41 Å². The Kier molecular flexibility index (Phi) is 1.75. The molecule has 0 aromatic heterocycles. The van der Waals surface area contributed by atoms with Gasteiger partial charge >= 0.3 is 0 Å². The molecule has 0 bridgehead atoms. The SMILES string of the molecule is N=C1SC=C2C=c3c(O)c(Cl)ccc3=C12. The maximum absolute atomic E-state index is 9.78. The smallest absolute Gasteiger partial charge is 0.142 e. The van der Waals surface area contributed by atoms with Crippen molar-refractivity contribution in [3.63, 3.8) is 0 Å². The fourth-order valence-corrected chi connectivity index (χ4v) is 2.80. The second-order valence-corrected chi connectivity index (χ2v) is 4.68. The molecule has 0 spiro atoms. The fourth-order valence-electron chi connectivity index (χ4n) is 1.86. The van der Waals surface area contributed by atoms with Gasteiger partial charge in [-0.15, -0.1) is 0 Å². The van der Waals surface area contributed by atoms with Crippen molar-refractivity contribution in [2.75, 3.05) is 0 Å². The molecule has 1 aromatic carbocycles. The fraction of sp³-hybridized carbons (Fsp3) is 0. The van der Waals surface area contributed by atoms with Crippen molar-refractivity contribution in [2.24, 2.45) is 0 Å². The van der Waals surface area contributed by atoms with E-state index in [0.717, 1.165) is 21.6 Å². The Labute approximate surface area is 95.1 Å². The highest BCUT2D eigenvalue weighted by Gasteiger charge is 2.22. The summed E-state index contributed by atoms with van der Waals surface area (Å²) in [5.41, 5.74) is 1.90. The topological polar surface area (TPSA) is 44.1 Å². The molecule has 4 heteroatoms. The van der Waals surface area contributed by atoms with Crippen LogP contribution in [0.5, 0.6) is 5.75 Å². The first-order valence-electron chi connectivity index (χ1n) is 4.38. The van der Waals surface area contributed by atoms with Gasteiger partial charge in [0, 0.05) is 10.8 Å². The number of hydrogen-bond donors (Lipinski definition) is 2. The minimum atomic E-state index is 0.106. The number of phenols is 1. The molecule has 1 aliphatic carbocycles. The van der Waals surface area contributed by atoms with Crippen LogP contribution in [0, 0.1) is 5.41 Å². The van der Waals surface area contributed by atoms with Crippen LogP contribution in [-0.2, 0) is 0 Å². The Morgan fingerprint density at radius 2 is 2.13 bits per heavy atom. The van der Waals surface area contributed by atoms with Crippen LogP contribution in [0.25, 0.3) is 11.6 Å². The maximum Gasteiger partial charge on any atom is 0.142 e. The summed E-state index contributed by atoms with van der Waals surface area (Å²) in [7, 11) is 0. The predicted molar refractivity (Wildman–Crippen MR) is 63.6 cm³/mol.